The van der Waals surface area contributed by atoms with Crippen LogP contribution in [0.25, 0.3) is 0 Å². The molecule has 0 saturated heterocycles. The van der Waals surface area contributed by atoms with Crippen LogP contribution in [0.3, 0.4) is 0 Å². The summed E-state index contributed by atoms with van der Waals surface area (Å²) in [6.07, 6.45) is 10.5. The maximum absolute atomic E-state index is 5.48. The van der Waals surface area contributed by atoms with Crippen molar-refractivity contribution in [3.63, 3.8) is 0 Å². The summed E-state index contributed by atoms with van der Waals surface area (Å²) in [6, 6.07) is 0. The van der Waals surface area contributed by atoms with Crippen molar-refractivity contribution in [1.29, 1.82) is 0 Å². The second-order valence-corrected chi connectivity index (χ2v) is 5.24. The summed E-state index contributed by atoms with van der Waals surface area (Å²) < 4.78 is 0. The van der Waals surface area contributed by atoms with Crippen LogP contribution in [0.2, 0.25) is 0 Å². The van der Waals surface area contributed by atoms with Crippen molar-refractivity contribution < 1.29 is 0 Å². The predicted molar refractivity (Wildman–Crippen MR) is 75.2 cm³/mol. The third kappa shape index (κ3) is 5.06. The highest BCUT2D eigenvalue weighted by molar-refractivity contribution is 7.80. The Labute approximate surface area is 105 Å². The Hall–Kier alpha value is -0.440. The van der Waals surface area contributed by atoms with Crippen LogP contribution in [-0.2, 0) is 0 Å². The zero-order valence-electron chi connectivity index (χ0n) is 10.4. The van der Waals surface area contributed by atoms with Gasteiger partial charge in [-0.2, -0.15) is 0 Å². The molecule has 0 aliphatic heterocycles. The van der Waals surface area contributed by atoms with Crippen molar-refractivity contribution in [2.75, 3.05) is 6.54 Å². The van der Waals surface area contributed by atoms with E-state index in [9.17, 15) is 0 Å². The molecule has 0 aromatic carbocycles. The Morgan fingerprint density at radius 2 is 2.25 bits per heavy atom. The normalized spacial score (nSPS) is 22.8. The molecule has 0 aromatic heterocycles. The summed E-state index contributed by atoms with van der Waals surface area (Å²) >= 11 is 4.86. The molecule has 0 bridgehead atoms. The minimum atomic E-state index is 0.518. The van der Waals surface area contributed by atoms with Gasteiger partial charge in [0.1, 0.15) is 0 Å². The van der Waals surface area contributed by atoms with E-state index in [1.54, 1.807) is 0 Å². The molecule has 3 heteroatoms. The number of nitrogens with two attached hydrogens (primary N) is 1. The van der Waals surface area contributed by atoms with Gasteiger partial charge in [0.15, 0.2) is 0 Å². The molecule has 16 heavy (non-hydrogen) atoms. The highest BCUT2D eigenvalue weighted by Gasteiger charge is 2.21. The molecule has 1 aliphatic carbocycles. The number of aliphatic imine (C=N–C) groups is 1. The van der Waals surface area contributed by atoms with E-state index in [1.165, 1.54) is 57.1 Å². The van der Waals surface area contributed by atoms with E-state index < -0.39 is 0 Å². The van der Waals surface area contributed by atoms with Crippen LogP contribution in [0.1, 0.15) is 58.3 Å². The predicted octanol–water partition coefficient (Wildman–Crippen LogP) is 3.48. The Morgan fingerprint density at radius 1 is 1.44 bits per heavy atom. The van der Waals surface area contributed by atoms with E-state index in [-0.39, 0.29) is 0 Å². The first kappa shape index (κ1) is 13.6. The largest absolute Gasteiger partial charge is 0.392 e. The van der Waals surface area contributed by atoms with E-state index in [1.807, 2.05) is 0 Å². The van der Waals surface area contributed by atoms with Crippen LogP contribution in [0.4, 0.5) is 0 Å². The van der Waals surface area contributed by atoms with Gasteiger partial charge in [0.05, 0.1) is 11.5 Å². The number of thiocarbonyl (C=S) groups is 1. The molecule has 1 unspecified atom stereocenters. The van der Waals surface area contributed by atoms with Crippen molar-refractivity contribution in [3.8, 4) is 0 Å². The Bertz CT molecular complexity index is 248. The molecule has 0 aromatic rings. The van der Waals surface area contributed by atoms with Crippen LogP contribution in [0.15, 0.2) is 4.99 Å². The molecule has 0 amide bonds. The fourth-order valence-electron chi connectivity index (χ4n) is 2.42. The van der Waals surface area contributed by atoms with Crippen molar-refractivity contribution >= 4 is 22.9 Å². The average Bonchev–Trinajstić information content (AvgIpc) is 2.69. The molecule has 0 radical (unpaired) electrons. The topological polar surface area (TPSA) is 38.4 Å². The van der Waals surface area contributed by atoms with Crippen LogP contribution in [-0.4, -0.2) is 17.2 Å². The molecular weight excluding hydrogens is 216 g/mol. The number of rotatable bonds is 7. The first-order valence-corrected chi connectivity index (χ1v) is 6.96. The minimum absolute atomic E-state index is 0.518. The van der Waals surface area contributed by atoms with Crippen LogP contribution in [0.5, 0.6) is 0 Å². The molecular formula is C13H24N2S. The van der Waals surface area contributed by atoms with Gasteiger partial charge in [0.2, 0.25) is 0 Å². The number of unbranched alkanes of at least 4 members (excludes halogenated alkanes) is 3. The highest BCUT2D eigenvalue weighted by Crippen LogP contribution is 2.27. The fourth-order valence-corrected chi connectivity index (χ4v) is 2.48. The lowest BCUT2D eigenvalue weighted by atomic mass is 9.98. The van der Waals surface area contributed by atoms with Gasteiger partial charge in [-0.3, -0.25) is 4.99 Å². The quantitative estimate of drug-likeness (QED) is 0.546. The standard InChI is InChI=1S/C13H24N2S/c1-2-3-4-5-7-11-8-6-9-12(11)15-10-13(14)16/h11H,2-10H2,1H3,(H2,14,16). The first-order chi connectivity index (χ1) is 7.74. The maximum Gasteiger partial charge on any atom is 0.0945 e. The second kappa shape index (κ2) is 7.77. The molecule has 0 heterocycles. The van der Waals surface area contributed by atoms with E-state index in [0.717, 1.165) is 5.92 Å². The lowest BCUT2D eigenvalue weighted by molar-refractivity contribution is 0.544. The SMILES string of the molecule is CCCCCCC1CCCC1=NCC(N)=S. The van der Waals surface area contributed by atoms with Crippen molar-refractivity contribution in [2.24, 2.45) is 16.6 Å². The van der Waals surface area contributed by atoms with Crippen LogP contribution in [0, 0.1) is 5.92 Å². The summed E-state index contributed by atoms with van der Waals surface area (Å²) in [5, 5.41) is 0. The summed E-state index contributed by atoms with van der Waals surface area (Å²) in [6.45, 7) is 2.81. The maximum atomic E-state index is 5.48. The summed E-state index contributed by atoms with van der Waals surface area (Å²) in [5.41, 5.74) is 6.86. The zero-order chi connectivity index (χ0) is 11.8. The third-order valence-corrected chi connectivity index (χ3v) is 3.43. The van der Waals surface area contributed by atoms with Crippen LogP contribution < -0.4 is 5.73 Å². The second-order valence-electron chi connectivity index (χ2n) is 4.71. The van der Waals surface area contributed by atoms with E-state index >= 15 is 0 Å². The number of nitrogens with zero attached hydrogens (tertiary/aromatic N) is 1. The third-order valence-electron chi connectivity index (χ3n) is 3.30. The molecule has 0 spiro atoms. The van der Waals surface area contributed by atoms with Gasteiger partial charge in [-0.25, -0.2) is 0 Å². The monoisotopic (exact) mass is 240 g/mol. The van der Waals surface area contributed by atoms with Crippen LogP contribution >= 0.6 is 12.2 Å². The molecule has 92 valence electrons. The number of hydrogen-bond donors (Lipinski definition) is 1. The van der Waals surface area contributed by atoms with Gasteiger partial charge in [0.25, 0.3) is 0 Å². The Kier molecular flexibility index (Phi) is 6.62. The van der Waals surface area contributed by atoms with E-state index in [0.29, 0.717) is 11.5 Å². The molecule has 1 saturated carbocycles. The van der Waals surface area contributed by atoms with E-state index in [4.69, 9.17) is 18.0 Å². The van der Waals surface area contributed by atoms with E-state index in [2.05, 4.69) is 11.9 Å². The summed E-state index contributed by atoms with van der Waals surface area (Å²) in [4.78, 5) is 5.07. The molecule has 1 atom stereocenters. The van der Waals surface area contributed by atoms with Crippen molar-refractivity contribution in [2.45, 2.75) is 58.3 Å². The molecule has 1 aliphatic rings. The minimum Gasteiger partial charge on any atom is -0.392 e. The highest BCUT2D eigenvalue weighted by atomic mass is 32.1. The lowest BCUT2D eigenvalue weighted by Crippen LogP contribution is -2.15. The zero-order valence-corrected chi connectivity index (χ0v) is 11.2. The summed E-state index contributed by atoms with van der Waals surface area (Å²) in [5.74, 6) is 0.728. The van der Waals surface area contributed by atoms with Gasteiger partial charge in [-0.15, -0.1) is 0 Å². The van der Waals surface area contributed by atoms with Gasteiger partial charge in [0, 0.05) is 5.71 Å². The summed E-state index contributed by atoms with van der Waals surface area (Å²) in [7, 11) is 0. The average molecular weight is 240 g/mol. The van der Waals surface area contributed by atoms with Crippen molar-refractivity contribution in [3.05, 3.63) is 0 Å². The Balaban J connectivity index is 2.28. The molecule has 1 fully saturated rings. The molecule has 2 N–H and O–H groups in total. The number of hydrogen-bond acceptors (Lipinski definition) is 2. The fraction of sp³-hybridized carbons (Fsp3) is 0.846. The first-order valence-electron chi connectivity index (χ1n) is 6.55. The van der Waals surface area contributed by atoms with Gasteiger partial charge in [-0.1, -0.05) is 44.8 Å². The van der Waals surface area contributed by atoms with Gasteiger partial charge < -0.3 is 5.73 Å². The van der Waals surface area contributed by atoms with Crippen molar-refractivity contribution in [1.82, 2.24) is 0 Å². The van der Waals surface area contributed by atoms with Gasteiger partial charge >= 0.3 is 0 Å². The molecule has 1 rings (SSSR count). The Morgan fingerprint density at radius 3 is 2.94 bits per heavy atom. The van der Waals surface area contributed by atoms with Gasteiger partial charge in [-0.05, 0) is 31.6 Å². The lowest BCUT2D eigenvalue weighted by Gasteiger charge is -2.10. The molecule has 2 nitrogen and oxygen atoms in total. The smallest absolute Gasteiger partial charge is 0.0945 e.